The minimum atomic E-state index is -0.481. The molecule has 0 unspecified atom stereocenters. The van der Waals surface area contributed by atoms with Crippen LogP contribution in [-0.4, -0.2) is 51.0 Å². The van der Waals surface area contributed by atoms with E-state index in [0.29, 0.717) is 42.2 Å². The van der Waals surface area contributed by atoms with Crippen molar-refractivity contribution in [3.8, 4) is 16.9 Å². The van der Waals surface area contributed by atoms with Crippen molar-refractivity contribution in [2.24, 2.45) is 0 Å². The first-order valence-corrected chi connectivity index (χ1v) is 13.8. The summed E-state index contributed by atoms with van der Waals surface area (Å²) in [4.78, 5) is 39.4. The molecule has 2 aromatic heterocycles. The van der Waals surface area contributed by atoms with E-state index in [1.165, 1.54) is 16.7 Å². The van der Waals surface area contributed by atoms with Crippen molar-refractivity contribution in [1.82, 2.24) is 19.4 Å². The molecular weight excluding hydrogens is 529 g/mol. The molecule has 0 N–H and O–H groups in total. The Hall–Kier alpha value is -4.04. The maximum Gasteiger partial charge on any atom is 0.355 e. The number of fused-ring (bicyclic) bond motifs is 1. The van der Waals surface area contributed by atoms with Gasteiger partial charge >= 0.3 is 5.69 Å². The van der Waals surface area contributed by atoms with Crippen LogP contribution in [0.5, 0.6) is 0 Å². The number of rotatable bonds is 5. The van der Waals surface area contributed by atoms with Crippen LogP contribution < -0.4 is 10.6 Å². The molecule has 1 saturated carbocycles. The van der Waals surface area contributed by atoms with Gasteiger partial charge in [-0.15, -0.1) is 0 Å². The van der Waals surface area contributed by atoms with E-state index in [0.717, 1.165) is 18.4 Å². The van der Waals surface area contributed by atoms with Gasteiger partial charge in [0.2, 0.25) is 5.91 Å². The molecule has 7 nitrogen and oxygen atoms in total. The molecule has 4 aromatic rings. The predicted molar refractivity (Wildman–Crippen MR) is 156 cm³/mol. The van der Waals surface area contributed by atoms with Crippen LogP contribution in [-0.2, 0) is 10.2 Å². The van der Waals surface area contributed by atoms with Crippen LogP contribution in [0.2, 0.25) is 5.02 Å². The SMILES string of the molecule is C=CC(=O)N1CCN(c2nc(=O)n(-c3ccccc3C3(C)CC3)c3nc(-c4ccccc4F)c(Cl)cc23)[C@@H](C)C1. The largest absolute Gasteiger partial charge is 0.355 e. The maximum absolute atomic E-state index is 14.9. The fourth-order valence-corrected chi connectivity index (χ4v) is 5.87. The second-order valence-corrected chi connectivity index (χ2v) is 11.2. The number of piperazine rings is 1. The zero-order valence-corrected chi connectivity index (χ0v) is 23.2. The number of hydrogen-bond donors (Lipinski definition) is 0. The van der Waals surface area contributed by atoms with Gasteiger partial charge in [-0.25, -0.2) is 18.7 Å². The van der Waals surface area contributed by atoms with Gasteiger partial charge in [0.05, 0.1) is 21.8 Å². The van der Waals surface area contributed by atoms with Gasteiger partial charge in [0, 0.05) is 31.2 Å². The summed E-state index contributed by atoms with van der Waals surface area (Å²) in [6.45, 7) is 9.13. The number of pyridine rings is 1. The first-order chi connectivity index (χ1) is 19.2. The van der Waals surface area contributed by atoms with Crippen molar-refractivity contribution in [2.75, 3.05) is 24.5 Å². The van der Waals surface area contributed by atoms with E-state index in [2.05, 4.69) is 18.5 Å². The van der Waals surface area contributed by atoms with Crippen molar-refractivity contribution < 1.29 is 9.18 Å². The fourth-order valence-electron chi connectivity index (χ4n) is 5.62. The molecular formula is C31H29ClFN5O2. The Morgan fingerprint density at radius 3 is 2.55 bits per heavy atom. The molecule has 9 heteroatoms. The molecule has 6 rings (SSSR count). The highest BCUT2D eigenvalue weighted by atomic mass is 35.5. The molecule has 2 aromatic carbocycles. The highest BCUT2D eigenvalue weighted by Gasteiger charge is 2.41. The van der Waals surface area contributed by atoms with Crippen LogP contribution in [0.15, 0.2) is 72.0 Å². The third-order valence-electron chi connectivity index (χ3n) is 8.11. The Morgan fingerprint density at radius 2 is 1.85 bits per heavy atom. The monoisotopic (exact) mass is 557 g/mol. The summed E-state index contributed by atoms with van der Waals surface area (Å²) in [5.74, 6) is -0.148. The van der Waals surface area contributed by atoms with Crippen LogP contribution in [0.3, 0.4) is 0 Å². The molecule has 1 aliphatic heterocycles. The molecule has 3 heterocycles. The average Bonchev–Trinajstić information content (AvgIpc) is 3.71. The molecule has 1 atom stereocenters. The van der Waals surface area contributed by atoms with E-state index in [4.69, 9.17) is 16.6 Å². The van der Waals surface area contributed by atoms with E-state index in [1.807, 2.05) is 36.1 Å². The van der Waals surface area contributed by atoms with Gasteiger partial charge in [0.1, 0.15) is 11.6 Å². The lowest BCUT2D eigenvalue weighted by atomic mass is 9.96. The zero-order chi connectivity index (χ0) is 28.2. The second-order valence-electron chi connectivity index (χ2n) is 10.8. The summed E-state index contributed by atoms with van der Waals surface area (Å²) in [5, 5.41) is 0.831. The van der Waals surface area contributed by atoms with Crippen molar-refractivity contribution in [1.29, 1.82) is 0 Å². The molecule has 1 amide bonds. The topological polar surface area (TPSA) is 71.3 Å². The summed E-state index contributed by atoms with van der Waals surface area (Å²) in [7, 11) is 0. The Balaban J connectivity index is 1.60. The normalized spacial score (nSPS) is 18.1. The van der Waals surface area contributed by atoms with E-state index in [-0.39, 0.29) is 33.6 Å². The van der Waals surface area contributed by atoms with Crippen LogP contribution in [0.4, 0.5) is 10.2 Å². The summed E-state index contributed by atoms with van der Waals surface area (Å²) in [6, 6.07) is 15.7. The van der Waals surface area contributed by atoms with Gasteiger partial charge in [-0.2, -0.15) is 4.98 Å². The zero-order valence-electron chi connectivity index (χ0n) is 22.4. The highest BCUT2D eigenvalue weighted by Crippen LogP contribution is 2.49. The number of para-hydroxylation sites is 1. The van der Waals surface area contributed by atoms with E-state index < -0.39 is 11.5 Å². The lowest BCUT2D eigenvalue weighted by Gasteiger charge is -2.40. The first kappa shape index (κ1) is 26.2. The number of benzene rings is 2. The summed E-state index contributed by atoms with van der Waals surface area (Å²) >= 11 is 6.77. The van der Waals surface area contributed by atoms with Crippen LogP contribution >= 0.6 is 11.6 Å². The molecule has 2 fully saturated rings. The Morgan fingerprint density at radius 1 is 1.12 bits per heavy atom. The molecule has 2 aliphatic rings. The summed E-state index contributed by atoms with van der Waals surface area (Å²) in [6.07, 6.45) is 3.35. The number of hydrogen-bond acceptors (Lipinski definition) is 5. The molecule has 0 bridgehead atoms. The third-order valence-corrected chi connectivity index (χ3v) is 8.40. The van der Waals surface area contributed by atoms with Gasteiger partial charge < -0.3 is 9.80 Å². The summed E-state index contributed by atoms with van der Waals surface area (Å²) < 4.78 is 16.4. The number of nitrogens with zero attached hydrogens (tertiary/aromatic N) is 5. The number of halogens is 2. The Labute approximate surface area is 236 Å². The van der Waals surface area contributed by atoms with Gasteiger partial charge in [0.25, 0.3) is 0 Å². The lowest BCUT2D eigenvalue weighted by Crippen LogP contribution is -2.54. The quantitative estimate of drug-likeness (QED) is 0.302. The number of amides is 1. The molecule has 40 heavy (non-hydrogen) atoms. The van der Waals surface area contributed by atoms with Gasteiger partial charge in [-0.3, -0.25) is 4.79 Å². The Bertz CT molecular complexity index is 1730. The van der Waals surface area contributed by atoms with Crippen LogP contribution in [0.25, 0.3) is 28.0 Å². The van der Waals surface area contributed by atoms with Crippen molar-refractivity contribution in [2.45, 2.75) is 38.1 Å². The highest BCUT2D eigenvalue weighted by molar-refractivity contribution is 6.33. The van der Waals surface area contributed by atoms with Crippen molar-refractivity contribution in [3.63, 3.8) is 0 Å². The van der Waals surface area contributed by atoms with Gasteiger partial charge in [-0.05, 0) is 61.1 Å². The number of carbonyl (C=O) groups excluding carboxylic acids is 1. The minimum Gasteiger partial charge on any atom is -0.350 e. The number of carbonyl (C=O) groups is 1. The first-order valence-electron chi connectivity index (χ1n) is 13.4. The molecule has 0 radical (unpaired) electrons. The van der Waals surface area contributed by atoms with Crippen LogP contribution in [0.1, 0.15) is 32.3 Å². The molecule has 204 valence electrons. The van der Waals surface area contributed by atoms with Crippen molar-refractivity contribution >= 4 is 34.4 Å². The lowest BCUT2D eigenvalue weighted by molar-refractivity contribution is -0.126. The van der Waals surface area contributed by atoms with E-state index in [9.17, 15) is 14.0 Å². The van der Waals surface area contributed by atoms with E-state index in [1.54, 1.807) is 29.2 Å². The van der Waals surface area contributed by atoms with Crippen LogP contribution in [0, 0.1) is 5.82 Å². The molecule has 1 saturated heterocycles. The maximum atomic E-state index is 14.9. The molecule has 0 spiro atoms. The minimum absolute atomic E-state index is 0.0373. The van der Waals surface area contributed by atoms with Crippen molar-refractivity contribution in [3.05, 3.63) is 94.1 Å². The molecule has 1 aliphatic carbocycles. The number of aromatic nitrogens is 3. The summed E-state index contributed by atoms with van der Waals surface area (Å²) in [5.41, 5.74) is 2.09. The smallest absolute Gasteiger partial charge is 0.350 e. The third kappa shape index (κ3) is 4.36. The standard InChI is InChI=1S/C31H29ClFN5O2/c1-4-26(39)36-15-16-37(19(2)18-36)28-21-17-23(32)27(20-9-5-7-11-24(20)33)34-29(21)38(30(40)35-28)25-12-8-6-10-22(25)31(3)13-14-31/h4-12,17,19H,1,13-16,18H2,2-3H3/t19-/m0/s1. The Kier molecular flexibility index (Phi) is 6.45. The number of anilines is 1. The van der Waals surface area contributed by atoms with Gasteiger partial charge in [-0.1, -0.05) is 55.4 Å². The van der Waals surface area contributed by atoms with E-state index >= 15 is 0 Å². The van der Waals surface area contributed by atoms with Gasteiger partial charge in [0.15, 0.2) is 5.65 Å². The predicted octanol–water partition coefficient (Wildman–Crippen LogP) is 5.51. The fraction of sp³-hybridized carbons (Fsp3) is 0.290. The average molecular weight is 558 g/mol. The second kappa shape index (κ2) is 9.86.